The zero-order chi connectivity index (χ0) is 17.3. The molecule has 1 saturated carbocycles. The maximum absolute atomic E-state index is 12.7. The van der Waals surface area contributed by atoms with Gasteiger partial charge in [-0.25, -0.2) is 9.50 Å². The van der Waals surface area contributed by atoms with Gasteiger partial charge < -0.3 is 10.1 Å². The highest BCUT2D eigenvalue weighted by molar-refractivity contribution is 5.99. The van der Waals surface area contributed by atoms with Gasteiger partial charge in [-0.15, -0.1) is 0 Å². The summed E-state index contributed by atoms with van der Waals surface area (Å²) in [6.45, 7) is 5.98. The zero-order valence-corrected chi connectivity index (χ0v) is 14.9. The second kappa shape index (κ2) is 6.89. The fourth-order valence-corrected chi connectivity index (χ4v) is 3.66. The Hall–Kier alpha value is -1.95. The number of aromatic nitrogens is 3. The molecule has 1 amide bonds. The van der Waals surface area contributed by atoms with E-state index in [0.717, 1.165) is 37.1 Å². The molecule has 1 atom stereocenters. The molecule has 1 aliphatic carbocycles. The van der Waals surface area contributed by atoms with Crippen molar-refractivity contribution in [3.8, 4) is 0 Å². The Bertz CT molecular complexity index is 732. The summed E-state index contributed by atoms with van der Waals surface area (Å²) in [6, 6.07) is 2.09. The van der Waals surface area contributed by atoms with E-state index in [1.807, 2.05) is 19.9 Å². The molecule has 2 aromatic rings. The first-order chi connectivity index (χ1) is 11.5. The minimum Gasteiger partial charge on any atom is -0.381 e. The molecule has 1 fully saturated rings. The zero-order valence-electron chi connectivity index (χ0n) is 14.9. The lowest BCUT2D eigenvalue weighted by molar-refractivity contribution is 0.0507. The predicted octanol–water partition coefficient (Wildman–Crippen LogP) is 2.67. The standard InChI is InChI=1S/C18H26N4O2/c1-11-9-12(2)22-17(20-11)16(10-19-22)18(23)21-13(3)14-5-7-15(24-4)8-6-14/h9-10,13-15H,5-8H2,1-4H3,(H,21,23)/t13?,14-,15+. The second-order valence-corrected chi connectivity index (χ2v) is 6.87. The first-order valence-electron chi connectivity index (χ1n) is 8.65. The third-order valence-electron chi connectivity index (χ3n) is 5.14. The third-order valence-corrected chi connectivity index (χ3v) is 5.14. The molecule has 24 heavy (non-hydrogen) atoms. The van der Waals surface area contributed by atoms with Crippen molar-refractivity contribution >= 4 is 11.6 Å². The number of nitrogens with zero attached hydrogens (tertiary/aromatic N) is 3. The van der Waals surface area contributed by atoms with E-state index >= 15 is 0 Å². The van der Waals surface area contributed by atoms with E-state index in [-0.39, 0.29) is 11.9 Å². The Morgan fingerprint density at radius 3 is 2.71 bits per heavy atom. The maximum atomic E-state index is 12.7. The van der Waals surface area contributed by atoms with Crippen LogP contribution < -0.4 is 5.32 Å². The Balaban J connectivity index is 1.71. The van der Waals surface area contributed by atoms with Crippen molar-refractivity contribution < 1.29 is 9.53 Å². The number of fused-ring (bicyclic) bond motifs is 1. The lowest BCUT2D eigenvalue weighted by Gasteiger charge is -2.31. The lowest BCUT2D eigenvalue weighted by Crippen LogP contribution is -2.40. The highest BCUT2D eigenvalue weighted by Crippen LogP contribution is 2.28. The number of rotatable bonds is 4. The monoisotopic (exact) mass is 330 g/mol. The van der Waals surface area contributed by atoms with Crippen LogP contribution in [0.15, 0.2) is 12.3 Å². The third kappa shape index (κ3) is 3.29. The lowest BCUT2D eigenvalue weighted by atomic mass is 9.83. The van der Waals surface area contributed by atoms with Gasteiger partial charge in [-0.1, -0.05) is 0 Å². The minimum absolute atomic E-state index is 0.0936. The van der Waals surface area contributed by atoms with Gasteiger partial charge in [-0.2, -0.15) is 5.10 Å². The average Bonchev–Trinajstić information content (AvgIpc) is 2.99. The number of aryl methyl sites for hydroxylation is 2. The van der Waals surface area contributed by atoms with Gasteiger partial charge in [0, 0.05) is 24.5 Å². The van der Waals surface area contributed by atoms with Crippen molar-refractivity contribution in [1.29, 1.82) is 0 Å². The number of ether oxygens (including phenoxy) is 1. The van der Waals surface area contributed by atoms with Crippen LogP contribution in [0.5, 0.6) is 0 Å². The molecule has 0 bridgehead atoms. The van der Waals surface area contributed by atoms with E-state index in [2.05, 4.69) is 22.3 Å². The van der Waals surface area contributed by atoms with Crippen LogP contribution in [0.2, 0.25) is 0 Å². The van der Waals surface area contributed by atoms with Gasteiger partial charge in [0.2, 0.25) is 0 Å². The highest BCUT2D eigenvalue weighted by atomic mass is 16.5. The predicted molar refractivity (Wildman–Crippen MR) is 92.1 cm³/mol. The van der Waals surface area contributed by atoms with Gasteiger partial charge in [0.25, 0.3) is 5.91 Å². The molecule has 0 aromatic carbocycles. The number of methoxy groups -OCH3 is 1. The van der Waals surface area contributed by atoms with Crippen molar-refractivity contribution in [2.75, 3.05) is 7.11 Å². The van der Waals surface area contributed by atoms with Crippen molar-refractivity contribution in [2.24, 2.45) is 5.92 Å². The van der Waals surface area contributed by atoms with E-state index in [1.54, 1.807) is 17.8 Å². The molecule has 0 aliphatic heterocycles. The molecule has 0 spiro atoms. The summed E-state index contributed by atoms with van der Waals surface area (Å²) >= 11 is 0. The average molecular weight is 330 g/mol. The molecule has 6 nitrogen and oxygen atoms in total. The molecule has 0 radical (unpaired) electrons. The fraction of sp³-hybridized carbons (Fsp3) is 0.611. The van der Waals surface area contributed by atoms with Crippen LogP contribution in [-0.2, 0) is 4.74 Å². The molecule has 130 valence electrons. The van der Waals surface area contributed by atoms with Gasteiger partial charge in [0.05, 0.1) is 12.3 Å². The Morgan fingerprint density at radius 2 is 2.04 bits per heavy atom. The summed E-state index contributed by atoms with van der Waals surface area (Å²) < 4.78 is 7.14. The molecule has 3 rings (SSSR count). The van der Waals surface area contributed by atoms with E-state index < -0.39 is 0 Å². The molecule has 1 aliphatic rings. The van der Waals surface area contributed by atoms with Crippen molar-refractivity contribution in [3.63, 3.8) is 0 Å². The summed E-state index contributed by atoms with van der Waals surface area (Å²) in [4.78, 5) is 17.2. The maximum Gasteiger partial charge on any atom is 0.256 e. The number of carbonyl (C=O) groups excluding carboxylic acids is 1. The molecular formula is C18H26N4O2. The largest absolute Gasteiger partial charge is 0.381 e. The number of hydrogen-bond acceptors (Lipinski definition) is 4. The van der Waals surface area contributed by atoms with Crippen LogP contribution in [0.4, 0.5) is 0 Å². The normalized spacial score (nSPS) is 22.5. The molecule has 2 heterocycles. The van der Waals surface area contributed by atoms with E-state index in [9.17, 15) is 4.79 Å². The van der Waals surface area contributed by atoms with Gasteiger partial charge >= 0.3 is 0 Å². The molecule has 0 saturated heterocycles. The molecule has 2 aromatic heterocycles. The summed E-state index contributed by atoms with van der Waals surface area (Å²) in [7, 11) is 1.78. The SMILES string of the molecule is CO[C@H]1CC[C@@H](C(C)NC(=O)c2cnn3c(C)cc(C)nc23)CC1. The topological polar surface area (TPSA) is 68.5 Å². The highest BCUT2D eigenvalue weighted by Gasteiger charge is 2.27. The van der Waals surface area contributed by atoms with Crippen molar-refractivity contribution in [1.82, 2.24) is 19.9 Å². The fourth-order valence-electron chi connectivity index (χ4n) is 3.66. The van der Waals surface area contributed by atoms with Crippen LogP contribution in [0.1, 0.15) is 54.4 Å². The molecule has 1 unspecified atom stereocenters. The van der Waals surface area contributed by atoms with Crippen LogP contribution >= 0.6 is 0 Å². The molecule has 6 heteroatoms. The smallest absolute Gasteiger partial charge is 0.256 e. The van der Waals surface area contributed by atoms with E-state index in [1.165, 1.54) is 0 Å². The first kappa shape index (κ1) is 16.9. The van der Waals surface area contributed by atoms with Crippen molar-refractivity contribution in [2.45, 2.75) is 58.6 Å². The first-order valence-corrected chi connectivity index (χ1v) is 8.65. The second-order valence-electron chi connectivity index (χ2n) is 6.87. The molecular weight excluding hydrogens is 304 g/mol. The van der Waals surface area contributed by atoms with Crippen LogP contribution in [0.25, 0.3) is 5.65 Å². The number of nitrogens with one attached hydrogen (secondary N) is 1. The Labute approximate surface area is 142 Å². The molecule has 1 N–H and O–H groups in total. The van der Waals surface area contributed by atoms with E-state index in [4.69, 9.17) is 4.74 Å². The Morgan fingerprint density at radius 1 is 1.33 bits per heavy atom. The van der Waals surface area contributed by atoms with Crippen LogP contribution in [0.3, 0.4) is 0 Å². The Kier molecular flexibility index (Phi) is 4.85. The number of hydrogen-bond donors (Lipinski definition) is 1. The van der Waals surface area contributed by atoms with Crippen LogP contribution in [0, 0.1) is 19.8 Å². The number of amides is 1. The number of carbonyl (C=O) groups is 1. The van der Waals surface area contributed by atoms with Gasteiger partial charge in [0.15, 0.2) is 5.65 Å². The summed E-state index contributed by atoms with van der Waals surface area (Å²) in [5.74, 6) is 0.405. The quantitative estimate of drug-likeness (QED) is 0.936. The van der Waals surface area contributed by atoms with Crippen LogP contribution in [-0.4, -0.2) is 39.8 Å². The summed E-state index contributed by atoms with van der Waals surface area (Å²) in [5, 5.41) is 7.44. The minimum atomic E-state index is -0.0936. The van der Waals surface area contributed by atoms with E-state index in [0.29, 0.717) is 23.2 Å². The van der Waals surface area contributed by atoms with Gasteiger partial charge in [-0.05, 0) is 58.4 Å². The summed E-state index contributed by atoms with van der Waals surface area (Å²) in [6.07, 6.45) is 6.30. The van der Waals surface area contributed by atoms with Gasteiger partial charge in [0.1, 0.15) is 5.56 Å². The summed E-state index contributed by atoms with van der Waals surface area (Å²) in [5.41, 5.74) is 3.03. The van der Waals surface area contributed by atoms with Crippen molar-refractivity contribution in [3.05, 3.63) is 29.2 Å². The van der Waals surface area contributed by atoms with Gasteiger partial charge in [-0.3, -0.25) is 4.79 Å².